The Bertz CT molecular complexity index is 772. The van der Waals surface area contributed by atoms with Crippen molar-refractivity contribution in [3.8, 4) is 0 Å². The van der Waals surface area contributed by atoms with Crippen molar-refractivity contribution in [1.29, 1.82) is 0 Å². The van der Waals surface area contributed by atoms with Gasteiger partial charge >= 0.3 is 12.1 Å². The molecule has 2 aliphatic rings. The molecule has 0 bridgehead atoms. The van der Waals surface area contributed by atoms with E-state index in [9.17, 15) is 14.4 Å². The monoisotopic (exact) mass is 432 g/mol. The van der Waals surface area contributed by atoms with Crippen molar-refractivity contribution in [2.24, 2.45) is 5.92 Å². The highest BCUT2D eigenvalue weighted by Gasteiger charge is 2.28. The second-order valence-electron chi connectivity index (χ2n) is 9.03. The first-order valence-electron chi connectivity index (χ1n) is 10.9. The Hall–Kier alpha value is -2.61. The van der Waals surface area contributed by atoms with Crippen LogP contribution in [-0.2, 0) is 19.0 Å². The maximum Gasteiger partial charge on any atom is 0.410 e. The zero-order valence-electron chi connectivity index (χ0n) is 18.5. The molecule has 0 atom stereocenters. The van der Waals surface area contributed by atoms with Gasteiger partial charge in [0.25, 0.3) is 0 Å². The molecule has 8 heteroatoms. The lowest BCUT2D eigenvalue weighted by Gasteiger charge is -2.33. The fourth-order valence-electron chi connectivity index (χ4n) is 3.60. The number of benzene rings is 1. The van der Waals surface area contributed by atoms with Crippen LogP contribution < -0.4 is 5.32 Å². The van der Waals surface area contributed by atoms with E-state index < -0.39 is 11.6 Å². The summed E-state index contributed by atoms with van der Waals surface area (Å²) >= 11 is 0. The largest absolute Gasteiger partial charge is 0.459 e. The first kappa shape index (κ1) is 23.1. The Labute approximate surface area is 183 Å². The average molecular weight is 433 g/mol. The minimum Gasteiger partial charge on any atom is -0.459 e. The van der Waals surface area contributed by atoms with Crippen LogP contribution in [0.5, 0.6) is 0 Å². The number of nitrogens with one attached hydrogen (secondary N) is 1. The normalized spacial score (nSPS) is 18.4. The number of anilines is 1. The SMILES string of the molecule is CC(C)(C)OC(=O)N1CCC(OC(=O)c2ccc(NC(=O)C3CCOCC3)cc2)CC1. The number of nitrogens with zero attached hydrogens (tertiary/aromatic N) is 1. The summed E-state index contributed by atoms with van der Waals surface area (Å²) in [6.45, 7) is 7.70. The Morgan fingerprint density at radius 1 is 1.00 bits per heavy atom. The second-order valence-corrected chi connectivity index (χ2v) is 9.03. The molecule has 0 unspecified atom stereocenters. The molecule has 170 valence electrons. The Kier molecular flexibility index (Phi) is 7.54. The predicted molar refractivity (Wildman–Crippen MR) is 115 cm³/mol. The van der Waals surface area contributed by atoms with Gasteiger partial charge in [0.1, 0.15) is 11.7 Å². The molecule has 0 spiro atoms. The van der Waals surface area contributed by atoms with Crippen LogP contribution in [0.15, 0.2) is 24.3 Å². The summed E-state index contributed by atoms with van der Waals surface area (Å²) in [6, 6.07) is 6.72. The van der Waals surface area contributed by atoms with E-state index in [0.717, 1.165) is 12.8 Å². The summed E-state index contributed by atoms with van der Waals surface area (Å²) in [6.07, 6.45) is 2.02. The number of esters is 1. The Morgan fingerprint density at radius 3 is 2.19 bits per heavy atom. The molecule has 2 aliphatic heterocycles. The van der Waals surface area contributed by atoms with Gasteiger partial charge in [-0.05, 0) is 57.9 Å². The molecule has 0 aliphatic carbocycles. The van der Waals surface area contributed by atoms with Crippen molar-refractivity contribution in [3.63, 3.8) is 0 Å². The lowest BCUT2D eigenvalue weighted by Crippen LogP contribution is -2.43. The van der Waals surface area contributed by atoms with Crippen molar-refractivity contribution < 1.29 is 28.6 Å². The van der Waals surface area contributed by atoms with Crippen LogP contribution in [0.3, 0.4) is 0 Å². The van der Waals surface area contributed by atoms with Crippen molar-refractivity contribution in [2.45, 2.75) is 58.2 Å². The lowest BCUT2D eigenvalue weighted by atomic mass is 9.99. The second kappa shape index (κ2) is 10.1. The standard InChI is InChI=1S/C23H32N2O6/c1-23(2,3)31-22(28)25-12-8-19(9-13-25)30-21(27)17-4-6-18(7-5-17)24-20(26)16-10-14-29-15-11-16/h4-7,16,19H,8-15H2,1-3H3,(H,24,26). The number of rotatable bonds is 4. The molecule has 1 aromatic rings. The van der Waals surface area contributed by atoms with Gasteiger partial charge in [-0.2, -0.15) is 0 Å². The Balaban J connectivity index is 1.44. The van der Waals surface area contributed by atoms with E-state index in [4.69, 9.17) is 14.2 Å². The minimum absolute atomic E-state index is 0.0182. The van der Waals surface area contributed by atoms with Crippen LogP contribution >= 0.6 is 0 Å². The van der Waals surface area contributed by atoms with Gasteiger partial charge < -0.3 is 24.4 Å². The molecule has 0 saturated carbocycles. The van der Waals surface area contributed by atoms with Gasteiger partial charge in [-0.15, -0.1) is 0 Å². The fraction of sp³-hybridized carbons (Fsp3) is 0.609. The highest BCUT2D eigenvalue weighted by Crippen LogP contribution is 2.20. The summed E-state index contributed by atoms with van der Waals surface area (Å²) in [5.41, 5.74) is 0.550. The maximum absolute atomic E-state index is 12.5. The predicted octanol–water partition coefficient (Wildman–Crippen LogP) is 3.61. The third-order valence-corrected chi connectivity index (χ3v) is 5.35. The van der Waals surface area contributed by atoms with Crippen LogP contribution in [0.4, 0.5) is 10.5 Å². The molecule has 1 N–H and O–H groups in total. The molecule has 2 saturated heterocycles. The van der Waals surface area contributed by atoms with E-state index in [1.54, 1.807) is 29.2 Å². The van der Waals surface area contributed by atoms with Crippen molar-refractivity contribution >= 4 is 23.7 Å². The quantitative estimate of drug-likeness (QED) is 0.731. The molecule has 2 fully saturated rings. The molecule has 2 amide bonds. The average Bonchev–Trinajstić information content (AvgIpc) is 2.74. The van der Waals surface area contributed by atoms with Gasteiger partial charge in [-0.3, -0.25) is 4.79 Å². The molecule has 2 heterocycles. The van der Waals surface area contributed by atoms with Crippen molar-refractivity contribution in [2.75, 3.05) is 31.6 Å². The highest BCUT2D eigenvalue weighted by atomic mass is 16.6. The summed E-state index contributed by atoms with van der Waals surface area (Å²) < 4.78 is 16.3. The van der Waals surface area contributed by atoms with Crippen molar-refractivity contribution in [3.05, 3.63) is 29.8 Å². The Morgan fingerprint density at radius 2 is 1.61 bits per heavy atom. The van der Waals surface area contributed by atoms with Gasteiger partial charge in [-0.1, -0.05) is 0 Å². The molecule has 8 nitrogen and oxygen atoms in total. The molecule has 0 radical (unpaired) electrons. The first-order chi connectivity index (χ1) is 14.7. The number of piperidine rings is 1. The zero-order valence-corrected chi connectivity index (χ0v) is 18.5. The summed E-state index contributed by atoms with van der Waals surface area (Å²) in [7, 11) is 0. The molecule has 1 aromatic carbocycles. The number of hydrogen-bond acceptors (Lipinski definition) is 6. The van der Waals surface area contributed by atoms with E-state index in [2.05, 4.69) is 5.32 Å². The van der Waals surface area contributed by atoms with Crippen LogP contribution in [-0.4, -0.2) is 60.9 Å². The summed E-state index contributed by atoms with van der Waals surface area (Å²) in [5, 5.41) is 2.89. The number of likely N-dealkylation sites (tertiary alicyclic amines) is 1. The summed E-state index contributed by atoms with van der Waals surface area (Å²) in [4.78, 5) is 38.6. The van der Waals surface area contributed by atoms with Crippen LogP contribution in [0.2, 0.25) is 0 Å². The van der Waals surface area contributed by atoms with E-state index >= 15 is 0 Å². The van der Waals surface area contributed by atoms with Gasteiger partial charge in [0.15, 0.2) is 0 Å². The maximum atomic E-state index is 12.5. The van der Waals surface area contributed by atoms with E-state index in [-0.39, 0.29) is 24.0 Å². The van der Waals surface area contributed by atoms with Crippen LogP contribution in [0, 0.1) is 5.92 Å². The van der Waals surface area contributed by atoms with Crippen molar-refractivity contribution in [1.82, 2.24) is 4.90 Å². The van der Waals surface area contributed by atoms with E-state index in [1.807, 2.05) is 20.8 Å². The van der Waals surface area contributed by atoms with Gasteiger partial charge in [0.05, 0.1) is 5.56 Å². The van der Waals surface area contributed by atoms with Gasteiger partial charge in [0.2, 0.25) is 5.91 Å². The smallest absolute Gasteiger partial charge is 0.410 e. The van der Waals surface area contributed by atoms with Gasteiger partial charge in [0, 0.05) is 50.8 Å². The summed E-state index contributed by atoms with van der Waals surface area (Å²) in [5.74, 6) is -0.460. The molecule has 3 rings (SSSR count). The van der Waals surface area contributed by atoms with Crippen LogP contribution in [0.25, 0.3) is 0 Å². The molecule has 31 heavy (non-hydrogen) atoms. The highest BCUT2D eigenvalue weighted by molar-refractivity contribution is 5.94. The number of ether oxygens (including phenoxy) is 3. The topological polar surface area (TPSA) is 94.2 Å². The first-order valence-corrected chi connectivity index (χ1v) is 10.9. The molecule has 0 aromatic heterocycles. The molecular weight excluding hydrogens is 400 g/mol. The number of carbonyl (C=O) groups is 3. The minimum atomic E-state index is -0.531. The van der Waals surface area contributed by atoms with Gasteiger partial charge in [-0.25, -0.2) is 9.59 Å². The lowest BCUT2D eigenvalue weighted by molar-refractivity contribution is -0.122. The number of carbonyl (C=O) groups excluding carboxylic acids is 3. The number of amides is 2. The number of hydrogen-bond donors (Lipinski definition) is 1. The third kappa shape index (κ3) is 6.95. The van der Waals surface area contributed by atoms with E-state index in [1.165, 1.54) is 0 Å². The zero-order chi connectivity index (χ0) is 22.4. The molecular formula is C23H32N2O6. The van der Waals surface area contributed by atoms with Crippen LogP contribution in [0.1, 0.15) is 56.8 Å². The van der Waals surface area contributed by atoms with E-state index in [0.29, 0.717) is 50.4 Å². The third-order valence-electron chi connectivity index (χ3n) is 5.35. The fourth-order valence-corrected chi connectivity index (χ4v) is 3.60.